The predicted molar refractivity (Wildman–Crippen MR) is 90.0 cm³/mol. The van der Waals surface area contributed by atoms with E-state index in [0.29, 0.717) is 6.10 Å². The quantitative estimate of drug-likeness (QED) is 0.787. The number of rotatable bonds is 7. The van der Waals surface area contributed by atoms with Gasteiger partial charge >= 0.3 is 0 Å². The molecule has 1 saturated heterocycles. The first-order valence-corrected chi connectivity index (χ1v) is 8.31. The Kier molecular flexibility index (Phi) is 5.31. The highest BCUT2D eigenvalue weighted by molar-refractivity contribution is 5.46. The molecule has 1 aromatic carbocycles. The molecular weight excluding hydrogens is 290 g/mol. The highest BCUT2D eigenvalue weighted by atomic mass is 16.5. The van der Waals surface area contributed by atoms with Gasteiger partial charge in [0.15, 0.2) is 0 Å². The standard InChI is InChI=1S/C18H25N3O2/c1-3-20(14-16-7-6-10-23-16)12-15-11-19-21(13-15)17-8-4-5-9-18(17)22-2/h4-5,8-9,11,13,16H,3,6-7,10,12,14H2,1-2H3/t16-/m0/s1. The second-order valence-corrected chi connectivity index (χ2v) is 5.93. The summed E-state index contributed by atoms with van der Waals surface area (Å²) < 4.78 is 13.0. The van der Waals surface area contributed by atoms with Gasteiger partial charge in [0.1, 0.15) is 11.4 Å². The smallest absolute Gasteiger partial charge is 0.144 e. The van der Waals surface area contributed by atoms with Crippen molar-refractivity contribution >= 4 is 0 Å². The molecule has 2 heterocycles. The lowest BCUT2D eigenvalue weighted by molar-refractivity contribution is 0.0725. The largest absolute Gasteiger partial charge is 0.494 e. The molecule has 5 nitrogen and oxygen atoms in total. The van der Waals surface area contributed by atoms with Gasteiger partial charge in [-0.1, -0.05) is 19.1 Å². The van der Waals surface area contributed by atoms with E-state index in [9.17, 15) is 0 Å². The molecule has 0 amide bonds. The summed E-state index contributed by atoms with van der Waals surface area (Å²) in [4.78, 5) is 2.42. The van der Waals surface area contributed by atoms with Crippen LogP contribution in [0.5, 0.6) is 5.75 Å². The van der Waals surface area contributed by atoms with Crippen molar-refractivity contribution in [3.63, 3.8) is 0 Å². The summed E-state index contributed by atoms with van der Waals surface area (Å²) in [5.41, 5.74) is 2.17. The molecule has 0 spiro atoms. The number of aromatic nitrogens is 2. The van der Waals surface area contributed by atoms with Crippen LogP contribution >= 0.6 is 0 Å². The second kappa shape index (κ2) is 7.62. The summed E-state index contributed by atoms with van der Waals surface area (Å²) >= 11 is 0. The van der Waals surface area contributed by atoms with Crippen molar-refractivity contribution in [3.8, 4) is 11.4 Å². The van der Waals surface area contributed by atoms with Crippen LogP contribution in [0.4, 0.5) is 0 Å². The van der Waals surface area contributed by atoms with Crippen LogP contribution < -0.4 is 4.74 Å². The van der Waals surface area contributed by atoms with Gasteiger partial charge in [0.2, 0.25) is 0 Å². The van der Waals surface area contributed by atoms with Crippen LogP contribution in [-0.4, -0.2) is 47.6 Å². The van der Waals surface area contributed by atoms with E-state index in [1.165, 1.54) is 18.4 Å². The fourth-order valence-corrected chi connectivity index (χ4v) is 3.03. The minimum absolute atomic E-state index is 0.388. The molecule has 124 valence electrons. The molecule has 1 fully saturated rings. The lowest BCUT2D eigenvalue weighted by Crippen LogP contribution is -2.31. The second-order valence-electron chi connectivity index (χ2n) is 5.93. The molecule has 0 unspecified atom stereocenters. The maximum atomic E-state index is 5.75. The Morgan fingerprint density at radius 3 is 3.00 bits per heavy atom. The molecule has 1 aliphatic rings. The Morgan fingerprint density at radius 2 is 2.26 bits per heavy atom. The van der Waals surface area contributed by atoms with E-state index in [1.807, 2.05) is 35.1 Å². The topological polar surface area (TPSA) is 39.5 Å². The van der Waals surface area contributed by atoms with E-state index in [1.54, 1.807) is 7.11 Å². The first-order chi connectivity index (χ1) is 11.3. The summed E-state index contributed by atoms with van der Waals surface area (Å²) in [7, 11) is 1.68. The van der Waals surface area contributed by atoms with Gasteiger partial charge in [0.25, 0.3) is 0 Å². The Bertz CT molecular complexity index is 620. The maximum Gasteiger partial charge on any atom is 0.144 e. The number of likely N-dealkylation sites (N-methyl/N-ethyl adjacent to an activating group) is 1. The van der Waals surface area contributed by atoms with E-state index in [-0.39, 0.29) is 0 Å². The molecule has 1 atom stereocenters. The zero-order valence-corrected chi connectivity index (χ0v) is 13.9. The third kappa shape index (κ3) is 3.92. The molecule has 1 aromatic heterocycles. The van der Waals surface area contributed by atoms with Gasteiger partial charge < -0.3 is 9.47 Å². The number of ether oxygens (including phenoxy) is 2. The van der Waals surface area contributed by atoms with Crippen LogP contribution in [-0.2, 0) is 11.3 Å². The fraction of sp³-hybridized carbons (Fsp3) is 0.500. The molecule has 1 aliphatic heterocycles. The Morgan fingerprint density at radius 1 is 1.39 bits per heavy atom. The Hall–Kier alpha value is -1.85. The minimum Gasteiger partial charge on any atom is -0.494 e. The van der Waals surface area contributed by atoms with Crippen molar-refractivity contribution in [2.45, 2.75) is 32.4 Å². The summed E-state index contributed by atoms with van der Waals surface area (Å²) in [6, 6.07) is 7.92. The van der Waals surface area contributed by atoms with Crippen LogP contribution in [0.1, 0.15) is 25.3 Å². The van der Waals surface area contributed by atoms with Crippen molar-refractivity contribution in [2.24, 2.45) is 0 Å². The molecule has 0 saturated carbocycles. The van der Waals surface area contributed by atoms with Gasteiger partial charge in [-0.2, -0.15) is 5.10 Å². The van der Waals surface area contributed by atoms with Crippen molar-refractivity contribution in [2.75, 3.05) is 26.8 Å². The van der Waals surface area contributed by atoms with Crippen LogP contribution in [0.25, 0.3) is 5.69 Å². The zero-order chi connectivity index (χ0) is 16.1. The summed E-state index contributed by atoms with van der Waals surface area (Å²) in [5.74, 6) is 0.828. The predicted octanol–water partition coefficient (Wildman–Crippen LogP) is 2.88. The van der Waals surface area contributed by atoms with Crippen LogP contribution in [0, 0.1) is 0 Å². The normalized spacial score (nSPS) is 17.8. The van der Waals surface area contributed by atoms with Crippen LogP contribution in [0.3, 0.4) is 0 Å². The number of methoxy groups -OCH3 is 1. The highest BCUT2D eigenvalue weighted by Gasteiger charge is 2.19. The third-order valence-electron chi connectivity index (χ3n) is 4.31. The average Bonchev–Trinajstić information content (AvgIpc) is 3.26. The number of para-hydroxylation sites is 2. The molecular formula is C18H25N3O2. The lowest BCUT2D eigenvalue weighted by Gasteiger charge is -2.22. The fourth-order valence-electron chi connectivity index (χ4n) is 3.03. The number of hydrogen-bond donors (Lipinski definition) is 0. The summed E-state index contributed by atoms with van der Waals surface area (Å²) in [6.07, 6.45) is 6.77. The summed E-state index contributed by atoms with van der Waals surface area (Å²) in [6.45, 7) is 6.01. The van der Waals surface area contributed by atoms with Gasteiger partial charge in [-0.3, -0.25) is 4.90 Å². The van der Waals surface area contributed by atoms with E-state index in [4.69, 9.17) is 9.47 Å². The Balaban J connectivity index is 1.68. The average molecular weight is 315 g/mol. The number of benzene rings is 1. The SMILES string of the molecule is CCN(Cc1cnn(-c2ccccc2OC)c1)C[C@@H]1CCCO1. The van der Waals surface area contributed by atoms with Gasteiger partial charge in [-0.15, -0.1) is 0 Å². The van der Waals surface area contributed by atoms with E-state index in [2.05, 4.69) is 23.1 Å². The van der Waals surface area contributed by atoms with Crippen LogP contribution in [0.2, 0.25) is 0 Å². The molecule has 3 rings (SSSR count). The zero-order valence-electron chi connectivity index (χ0n) is 13.9. The van der Waals surface area contributed by atoms with Gasteiger partial charge in [0.05, 0.1) is 19.4 Å². The molecule has 0 N–H and O–H groups in total. The highest BCUT2D eigenvalue weighted by Crippen LogP contribution is 2.22. The van der Waals surface area contributed by atoms with E-state index in [0.717, 1.165) is 37.7 Å². The molecule has 0 aliphatic carbocycles. The summed E-state index contributed by atoms with van der Waals surface area (Å²) in [5, 5.41) is 4.49. The van der Waals surface area contributed by atoms with E-state index < -0.39 is 0 Å². The number of hydrogen-bond acceptors (Lipinski definition) is 4. The van der Waals surface area contributed by atoms with Gasteiger partial charge in [-0.25, -0.2) is 4.68 Å². The minimum atomic E-state index is 0.388. The van der Waals surface area contributed by atoms with E-state index >= 15 is 0 Å². The van der Waals surface area contributed by atoms with Gasteiger partial charge in [-0.05, 0) is 31.5 Å². The van der Waals surface area contributed by atoms with Crippen molar-refractivity contribution in [1.82, 2.24) is 14.7 Å². The Labute approximate surface area is 137 Å². The molecule has 5 heteroatoms. The van der Waals surface area contributed by atoms with Crippen LogP contribution in [0.15, 0.2) is 36.7 Å². The maximum absolute atomic E-state index is 5.75. The molecule has 23 heavy (non-hydrogen) atoms. The van der Waals surface area contributed by atoms with Gasteiger partial charge in [0, 0.05) is 31.5 Å². The van der Waals surface area contributed by atoms with Crippen molar-refractivity contribution < 1.29 is 9.47 Å². The monoisotopic (exact) mass is 315 g/mol. The lowest BCUT2D eigenvalue weighted by atomic mass is 10.2. The molecule has 2 aromatic rings. The molecule has 0 bridgehead atoms. The number of nitrogens with zero attached hydrogens (tertiary/aromatic N) is 3. The third-order valence-corrected chi connectivity index (χ3v) is 4.31. The molecule has 0 radical (unpaired) electrons. The van der Waals surface area contributed by atoms with Crippen molar-refractivity contribution in [1.29, 1.82) is 0 Å². The van der Waals surface area contributed by atoms with Crippen molar-refractivity contribution in [3.05, 3.63) is 42.2 Å². The first-order valence-electron chi connectivity index (χ1n) is 8.31. The first kappa shape index (κ1) is 16.0.